The Balaban J connectivity index is 2.42. The number of nitrogens with zero attached hydrogens (tertiary/aromatic N) is 2. The highest BCUT2D eigenvalue weighted by Gasteiger charge is 2.35. The van der Waals surface area contributed by atoms with Crippen LogP contribution in [0.4, 0.5) is 37.7 Å². The number of alkyl halides is 6. The van der Waals surface area contributed by atoms with Crippen molar-refractivity contribution in [3.05, 3.63) is 42.5 Å². The second-order valence-corrected chi connectivity index (χ2v) is 7.77. The largest absolute Gasteiger partial charge is 0.573 e. The summed E-state index contributed by atoms with van der Waals surface area (Å²) < 4.78 is 106. The zero-order chi connectivity index (χ0) is 24.0. The molecular weight excluding hydrogens is 469 g/mol. The number of benzene rings is 2. The lowest BCUT2D eigenvalue weighted by Crippen LogP contribution is -2.19. The molecule has 0 N–H and O–H groups in total. The van der Waals surface area contributed by atoms with E-state index in [0.717, 1.165) is 42.5 Å². The van der Waals surface area contributed by atoms with Gasteiger partial charge in [0.25, 0.3) is 0 Å². The lowest BCUT2D eigenvalue weighted by Gasteiger charge is -2.19. The normalized spacial score (nSPS) is 12.9. The van der Waals surface area contributed by atoms with Crippen LogP contribution >= 0.6 is 7.60 Å². The molecule has 0 aromatic heterocycles. The first kappa shape index (κ1) is 25.6. The van der Waals surface area contributed by atoms with Gasteiger partial charge in [0.1, 0.15) is 17.2 Å². The summed E-state index contributed by atoms with van der Waals surface area (Å²) in [5.74, 6) is -1.16. The molecule has 0 fully saturated rings. The van der Waals surface area contributed by atoms with Gasteiger partial charge in [-0.05, 0) is 56.3 Å². The van der Waals surface area contributed by atoms with E-state index in [2.05, 4.69) is 19.7 Å². The van der Waals surface area contributed by atoms with Crippen LogP contribution in [0.2, 0.25) is 0 Å². The van der Waals surface area contributed by atoms with Crippen molar-refractivity contribution < 1.29 is 49.4 Å². The highest BCUT2D eigenvalue weighted by molar-refractivity contribution is 7.62. The minimum absolute atomic E-state index is 0.0844. The zero-order valence-electron chi connectivity index (χ0n) is 16.6. The summed E-state index contributed by atoms with van der Waals surface area (Å²) >= 11 is 0. The molecule has 0 spiro atoms. The van der Waals surface area contributed by atoms with E-state index in [1.165, 1.54) is 13.8 Å². The van der Waals surface area contributed by atoms with Crippen molar-refractivity contribution in [1.82, 2.24) is 0 Å². The van der Waals surface area contributed by atoms with E-state index in [0.29, 0.717) is 0 Å². The first-order chi connectivity index (χ1) is 14.8. The standard InChI is InChI=1S/C18H17F6N2O5P/c1-3-28-32(27,29-4-2)16-11-14(31-18(22,23)24)9-10-15(16)26-25-12-5-7-13(8-6-12)30-17(19,20)21/h5-11H,3-4H2,1-2H3. The Hall–Kier alpha value is -2.63. The third-order valence-corrected chi connectivity index (χ3v) is 5.56. The second-order valence-electron chi connectivity index (χ2n) is 5.77. The monoisotopic (exact) mass is 486 g/mol. The third-order valence-electron chi connectivity index (χ3n) is 3.42. The van der Waals surface area contributed by atoms with E-state index < -0.39 is 31.8 Å². The fraction of sp³-hybridized carbons (Fsp3) is 0.333. The minimum Gasteiger partial charge on any atom is -0.406 e. The van der Waals surface area contributed by atoms with Gasteiger partial charge in [0.05, 0.1) is 24.2 Å². The van der Waals surface area contributed by atoms with Gasteiger partial charge in [0.2, 0.25) is 0 Å². The van der Waals surface area contributed by atoms with Crippen molar-refractivity contribution in [3.63, 3.8) is 0 Å². The molecule has 0 unspecified atom stereocenters. The molecule has 0 bridgehead atoms. The smallest absolute Gasteiger partial charge is 0.406 e. The molecule has 32 heavy (non-hydrogen) atoms. The van der Waals surface area contributed by atoms with Crippen molar-refractivity contribution in [1.29, 1.82) is 0 Å². The Morgan fingerprint density at radius 1 is 0.781 bits per heavy atom. The molecule has 0 heterocycles. The van der Waals surface area contributed by atoms with Crippen molar-refractivity contribution in [2.24, 2.45) is 10.2 Å². The quantitative estimate of drug-likeness (QED) is 0.222. The van der Waals surface area contributed by atoms with Gasteiger partial charge < -0.3 is 18.5 Å². The van der Waals surface area contributed by atoms with Gasteiger partial charge >= 0.3 is 20.3 Å². The molecule has 7 nitrogen and oxygen atoms in total. The van der Waals surface area contributed by atoms with Gasteiger partial charge in [-0.1, -0.05) is 0 Å². The average molecular weight is 486 g/mol. The Kier molecular flexibility index (Phi) is 8.27. The first-order valence-corrected chi connectivity index (χ1v) is 10.5. The number of halogens is 6. The Morgan fingerprint density at radius 2 is 1.28 bits per heavy atom. The predicted octanol–water partition coefficient (Wildman–Crippen LogP) is 6.79. The van der Waals surface area contributed by atoms with Crippen LogP contribution in [-0.4, -0.2) is 25.9 Å². The van der Waals surface area contributed by atoms with E-state index in [4.69, 9.17) is 9.05 Å². The maximum atomic E-state index is 13.1. The molecule has 176 valence electrons. The molecule has 2 aromatic carbocycles. The topological polar surface area (TPSA) is 78.7 Å². The molecule has 0 saturated heterocycles. The summed E-state index contributed by atoms with van der Waals surface area (Å²) in [6.07, 6.45) is -9.86. The van der Waals surface area contributed by atoms with E-state index in [9.17, 15) is 30.9 Å². The summed E-state index contributed by atoms with van der Waals surface area (Å²) in [4.78, 5) is 0. The van der Waals surface area contributed by atoms with E-state index in [1.807, 2.05) is 0 Å². The molecule has 2 aromatic rings. The molecule has 0 aliphatic carbocycles. The van der Waals surface area contributed by atoms with Crippen LogP contribution < -0.4 is 14.8 Å². The fourth-order valence-corrected chi connectivity index (χ4v) is 4.06. The maximum absolute atomic E-state index is 13.1. The van der Waals surface area contributed by atoms with Crippen molar-refractivity contribution >= 4 is 24.3 Å². The second kappa shape index (κ2) is 10.3. The first-order valence-electron chi connectivity index (χ1n) is 8.92. The Bertz CT molecular complexity index is 969. The van der Waals surface area contributed by atoms with Gasteiger partial charge in [-0.15, -0.1) is 31.5 Å². The molecule has 0 radical (unpaired) electrons. The molecule has 0 amide bonds. The fourth-order valence-electron chi connectivity index (χ4n) is 2.35. The van der Waals surface area contributed by atoms with Gasteiger partial charge in [0, 0.05) is 0 Å². The Morgan fingerprint density at radius 3 is 1.78 bits per heavy atom. The van der Waals surface area contributed by atoms with Crippen LogP contribution in [0.5, 0.6) is 11.5 Å². The van der Waals surface area contributed by atoms with E-state index >= 15 is 0 Å². The van der Waals surface area contributed by atoms with Crippen LogP contribution in [0.3, 0.4) is 0 Å². The highest BCUT2D eigenvalue weighted by atomic mass is 31.2. The van der Waals surface area contributed by atoms with Crippen molar-refractivity contribution in [2.45, 2.75) is 26.6 Å². The molecule has 0 aliphatic rings. The number of hydrogen-bond donors (Lipinski definition) is 0. The lowest BCUT2D eigenvalue weighted by molar-refractivity contribution is -0.275. The summed E-state index contributed by atoms with van der Waals surface area (Å²) in [5.41, 5.74) is -0.0656. The molecule has 0 atom stereocenters. The van der Waals surface area contributed by atoms with Gasteiger partial charge in [0.15, 0.2) is 0 Å². The summed E-state index contributed by atoms with van der Waals surface area (Å²) in [5, 5.41) is 7.32. The van der Waals surface area contributed by atoms with E-state index in [1.54, 1.807) is 0 Å². The Labute approximate surface area is 178 Å². The summed E-state index contributed by atoms with van der Waals surface area (Å²) in [7, 11) is -4.10. The van der Waals surface area contributed by atoms with Gasteiger partial charge in [-0.2, -0.15) is 5.11 Å². The minimum atomic E-state index is -5.00. The number of ether oxygens (including phenoxy) is 2. The molecule has 14 heteroatoms. The molecule has 0 aliphatic heterocycles. The summed E-state index contributed by atoms with van der Waals surface area (Å²) in [6, 6.07) is 7.11. The summed E-state index contributed by atoms with van der Waals surface area (Å²) in [6.45, 7) is 2.85. The lowest BCUT2D eigenvalue weighted by atomic mass is 10.3. The average Bonchev–Trinajstić information content (AvgIpc) is 2.66. The molecule has 0 saturated carbocycles. The SMILES string of the molecule is CCOP(=O)(OCC)c1cc(OC(F)(F)F)ccc1N=Nc1ccc(OC(F)(F)F)cc1. The molecular formula is C18H17F6N2O5P. The zero-order valence-corrected chi connectivity index (χ0v) is 17.5. The molecule has 2 rings (SSSR count). The highest BCUT2D eigenvalue weighted by Crippen LogP contribution is 2.50. The number of azo groups is 1. The van der Waals surface area contributed by atoms with Crippen LogP contribution in [0.25, 0.3) is 0 Å². The van der Waals surface area contributed by atoms with Crippen LogP contribution in [0.15, 0.2) is 52.7 Å². The van der Waals surface area contributed by atoms with Crippen molar-refractivity contribution in [3.8, 4) is 11.5 Å². The van der Waals surface area contributed by atoms with Crippen LogP contribution in [0, 0.1) is 0 Å². The van der Waals surface area contributed by atoms with Crippen molar-refractivity contribution in [2.75, 3.05) is 13.2 Å². The van der Waals surface area contributed by atoms with E-state index in [-0.39, 0.29) is 29.9 Å². The van der Waals surface area contributed by atoms with Crippen LogP contribution in [-0.2, 0) is 13.6 Å². The van der Waals surface area contributed by atoms with Gasteiger partial charge in [-0.3, -0.25) is 4.57 Å². The predicted molar refractivity (Wildman–Crippen MR) is 101 cm³/mol. The maximum Gasteiger partial charge on any atom is 0.573 e. The third kappa shape index (κ3) is 7.81. The van der Waals surface area contributed by atoms with Gasteiger partial charge in [-0.25, -0.2) is 0 Å². The number of rotatable bonds is 9. The number of hydrogen-bond acceptors (Lipinski definition) is 7. The van der Waals surface area contributed by atoms with Crippen LogP contribution in [0.1, 0.15) is 13.8 Å².